The first kappa shape index (κ1) is 50.0. The molecule has 18 heteroatoms. The average Bonchev–Trinajstić information content (AvgIpc) is 3.66. The zero-order valence-corrected chi connectivity index (χ0v) is 39.9. The van der Waals surface area contributed by atoms with E-state index < -0.39 is 75.8 Å². The zero-order chi connectivity index (χ0) is 46.9. The Balaban J connectivity index is 1.23. The lowest BCUT2D eigenvalue weighted by molar-refractivity contribution is -0.482. The molecule has 0 radical (unpaired) electrons. The summed E-state index contributed by atoms with van der Waals surface area (Å²) in [6, 6.07) is 32.4. The van der Waals surface area contributed by atoms with E-state index in [9.17, 15) is 13.0 Å². The molecule has 3 aliphatic heterocycles. The molecule has 360 valence electrons. The maximum atomic E-state index is 12.7. The maximum absolute atomic E-state index is 12.7. The van der Waals surface area contributed by atoms with E-state index in [0.29, 0.717) is 18.1 Å². The fraction of sp³-hybridized carbons (Fsp3) is 0.500. The summed E-state index contributed by atoms with van der Waals surface area (Å²) < 4.78 is 118. The van der Waals surface area contributed by atoms with Gasteiger partial charge in [0.25, 0.3) is 0 Å². The molecule has 3 heterocycles. The van der Waals surface area contributed by atoms with Gasteiger partial charge in [-0.05, 0) is 72.5 Å². The largest absolute Gasteiger partial charge is 0.726 e. The number of hydrogen-bond acceptors (Lipinski definition) is 16. The van der Waals surface area contributed by atoms with Crippen LogP contribution in [0.4, 0.5) is 0 Å². The quantitative estimate of drug-likeness (QED) is 0.0532. The third-order valence-corrected chi connectivity index (χ3v) is 15.5. The van der Waals surface area contributed by atoms with Crippen molar-refractivity contribution in [1.29, 1.82) is 0 Å². The second kappa shape index (κ2) is 22.5. The lowest BCUT2D eigenvalue weighted by Crippen LogP contribution is -2.73. The molecule has 4 aromatic rings. The Kier molecular flexibility index (Phi) is 17.1. The Morgan fingerprint density at radius 1 is 0.621 bits per heavy atom. The molecule has 0 N–H and O–H groups in total. The Hall–Kier alpha value is -3.86. The van der Waals surface area contributed by atoms with Crippen molar-refractivity contribution in [2.45, 2.75) is 100 Å². The van der Waals surface area contributed by atoms with Crippen LogP contribution < -0.4 is 14.2 Å². The Bertz CT molecular complexity index is 2220. The maximum Gasteiger partial charge on any atom is 0.220 e. The monoisotopic (exact) mass is 956 g/mol. The molecule has 0 saturated carbocycles. The Morgan fingerprint density at radius 2 is 1.11 bits per heavy atom. The van der Waals surface area contributed by atoms with Gasteiger partial charge in [0, 0.05) is 25.1 Å². The van der Waals surface area contributed by atoms with Crippen LogP contribution in [0, 0.1) is 0 Å². The summed E-state index contributed by atoms with van der Waals surface area (Å²) in [7, 11) is 1.63. The van der Waals surface area contributed by atoms with E-state index in [0.717, 1.165) is 33.8 Å². The predicted octanol–water partition coefficient (Wildman–Crippen LogP) is 5.70. The van der Waals surface area contributed by atoms with E-state index in [4.69, 9.17) is 61.0 Å². The lowest BCUT2D eigenvalue weighted by atomic mass is 9.95. The zero-order valence-electron chi connectivity index (χ0n) is 38.2. The highest BCUT2D eigenvalue weighted by atomic mass is 32.3. The number of methoxy groups -OCH3 is 5. The smallest absolute Gasteiger partial charge is 0.220 e. The van der Waals surface area contributed by atoms with Crippen molar-refractivity contribution < 1.29 is 74.0 Å². The number of fused-ring (bicyclic) bond motifs is 1. The molecule has 66 heavy (non-hydrogen) atoms. The molecule has 0 bridgehead atoms. The van der Waals surface area contributed by atoms with E-state index in [1.165, 1.54) is 14.2 Å². The average molecular weight is 957 g/mol. The molecule has 7 rings (SSSR count). The van der Waals surface area contributed by atoms with Crippen molar-refractivity contribution in [3.8, 4) is 17.2 Å². The van der Waals surface area contributed by atoms with Crippen LogP contribution in [-0.4, -0.2) is 126 Å². The van der Waals surface area contributed by atoms with Crippen molar-refractivity contribution in [3.05, 3.63) is 125 Å². The second-order valence-corrected chi connectivity index (χ2v) is 19.7. The summed E-state index contributed by atoms with van der Waals surface area (Å²) in [6.45, 7) is 4.38. The lowest BCUT2D eigenvalue weighted by Gasteiger charge is -2.56. The predicted molar refractivity (Wildman–Crippen MR) is 242 cm³/mol. The molecular formula is C48H60O16S2. The van der Waals surface area contributed by atoms with E-state index in [-0.39, 0.29) is 37.4 Å². The van der Waals surface area contributed by atoms with Gasteiger partial charge in [-0.15, -0.1) is 0 Å². The molecule has 3 saturated heterocycles. The molecule has 0 aliphatic carbocycles. The first-order chi connectivity index (χ1) is 31.8. The first-order valence-corrected chi connectivity index (χ1v) is 24.5. The van der Waals surface area contributed by atoms with Gasteiger partial charge in [0.2, 0.25) is 22.0 Å². The molecular weight excluding hydrogens is 897 g/mol. The molecule has 3 aliphatic rings. The van der Waals surface area contributed by atoms with Gasteiger partial charge in [0.15, 0.2) is 11.5 Å². The highest BCUT2D eigenvalue weighted by Gasteiger charge is 2.65. The second-order valence-electron chi connectivity index (χ2n) is 16.4. The summed E-state index contributed by atoms with van der Waals surface area (Å²) in [4.78, 5) is 0. The van der Waals surface area contributed by atoms with Crippen molar-refractivity contribution in [3.63, 3.8) is 0 Å². The van der Waals surface area contributed by atoms with Gasteiger partial charge >= 0.3 is 0 Å². The van der Waals surface area contributed by atoms with Gasteiger partial charge in [-0.2, -0.15) is 0 Å². The van der Waals surface area contributed by atoms with Crippen LogP contribution in [0.2, 0.25) is 0 Å². The van der Waals surface area contributed by atoms with Crippen LogP contribution >= 0.6 is 0 Å². The Morgan fingerprint density at radius 3 is 1.62 bits per heavy atom. The highest BCUT2D eigenvalue weighted by molar-refractivity contribution is 7.97. The first-order valence-electron chi connectivity index (χ1n) is 21.5. The summed E-state index contributed by atoms with van der Waals surface area (Å²) in [5.74, 6) is -0.330. The van der Waals surface area contributed by atoms with Gasteiger partial charge in [-0.1, -0.05) is 66.7 Å². The minimum Gasteiger partial charge on any atom is -0.726 e. The van der Waals surface area contributed by atoms with Crippen LogP contribution in [0.1, 0.15) is 36.1 Å². The van der Waals surface area contributed by atoms with Gasteiger partial charge in [0.05, 0.1) is 54.4 Å². The minimum atomic E-state index is -5.34. The summed E-state index contributed by atoms with van der Waals surface area (Å²) in [5, 5.41) is -0.318. The third-order valence-electron chi connectivity index (χ3n) is 12.3. The summed E-state index contributed by atoms with van der Waals surface area (Å²) in [5.41, 5.74) is 3.63. The number of rotatable bonds is 22. The topological polar surface area (TPSA) is 177 Å². The SMILES string of the molecule is COc1ccc(COC[C@@H]2[C@@H](OCc3ccc(OC)cc3)[C@H](OCc3ccc(OC)cc3)C[S+]2C[C@H]2O[C@@H](OCc3ccccc3)[C@@H]3O[C@@](C)(OC)[C@](C)(OC)O[C@H]3[C@H]2OS(=O)(=O)[O-])cc1. The molecule has 11 atom stereocenters. The van der Waals surface area contributed by atoms with Gasteiger partial charge in [-0.25, -0.2) is 8.42 Å². The van der Waals surface area contributed by atoms with Crippen LogP contribution in [0.25, 0.3) is 0 Å². The molecule has 16 nitrogen and oxygen atoms in total. The van der Waals surface area contributed by atoms with Crippen LogP contribution in [-0.2, 0) is 94.5 Å². The van der Waals surface area contributed by atoms with Crippen molar-refractivity contribution in [2.24, 2.45) is 0 Å². The number of hydrogen-bond donors (Lipinski definition) is 0. The molecule has 0 aromatic heterocycles. The van der Waals surface area contributed by atoms with E-state index in [2.05, 4.69) is 0 Å². The normalized spacial score (nSPS) is 29.8. The number of ether oxygens (including phenoxy) is 12. The molecule has 0 spiro atoms. The highest BCUT2D eigenvalue weighted by Crippen LogP contribution is 2.46. The molecule has 4 aromatic carbocycles. The van der Waals surface area contributed by atoms with Crippen LogP contribution in [0.5, 0.6) is 17.2 Å². The minimum absolute atomic E-state index is 0.109. The summed E-state index contributed by atoms with van der Waals surface area (Å²) in [6.07, 6.45) is -7.10. The summed E-state index contributed by atoms with van der Waals surface area (Å²) >= 11 is 0. The number of benzene rings is 4. The Labute approximate surface area is 390 Å². The molecule has 3 fully saturated rings. The van der Waals surface area contributed by atoms with E-state index in [1.54, 1.807) is 35.2 Å². The van der Waals surface area contributed by atoms with Crippen molar-refractivity contribution in [2.75, 3.05) is 53.7 Å². The van der Waals surface area contributed by atoms with Crippen molar-refractivity contribution >= 4 is 21.3 Å². The van der Waals surface area contributed by atoms with E-state index >= 15 is 0 Å². The molecule has 0 amide bonds. The van der Waals surface area contributed by atoms with Crippen LogP contribution in [0.3, 0.4) is 0 Å². The van der Waals surface area contributed by atoms with E-state index in [1.807, 2.05) is 103 Å². The van der Waals surface area contributed by atoms with Gasteiger partial charge < -0.3 is 61.4 Å². The van der Waals surface area contributed by atoms with Crippen LogP contribution in [0.15, 0.2) is 103 Å². The third kappa shape index (κ3) is 12.2. The fourth-order valence-electron chi connectivity index (χ4n) is 8.28. The standard InChI is InChI=1S/C48H60O16S2/c1-47(55-6)48(2,56-7)63-45-44(62-47)43(64-66(49,50)51)40(61-46(45)60-28-32-11-9-8-10-12-32)31-65-30-39(58-26-34-15-21-37(53-4)22-16-34)42(59-27-35-17-23-38(54-5)24-18-35)41(65)29-57-25-33-13-19-36(52-3)20-14-33/h8-24,39-46H,25-31H2,1-7H3/t39-,40-,41-,42+,43+,44+,45-,46-,47-,48-,65?/m1/s1. The van der Waals surface area contributed by atoms with Gasteiger partial charge in [0.1, 0.15) is 65.4 Å². The molecule has 1 unspecified atom stereocenters. The fourth-order valence-corrected chi connectivity index (χ4v) is 11.7. The van der Waals surface area contributed by atoms with Crippen molar-refractivity contribution in [1.82, 2.24) is 0 Å². The van der Waals surface area contributed by atoms with Gasteiger partial charge in [-0.3, -0.25) is 4.18 Å².